The summed E-state index contributed by atoms with van der Waals surface area (Å²) in [6.07, 6.45) is 0.663. The molecule has 0 heterocycles. The largest absolute Gasteiger partial charge is 0.489 e. The van der Waals surface area contributed by atoms with E-state index in [1.807, 2.05) is 48.5 Å². The highest BCUT2D eigenvalue weighted by Gasteiger charge is 2.00. The zero-order valence-corrected chi connectivity index (χ0v) is 11.9. The SMILES string of the molecule is NC(=S)c1cccc(COc2ccc(CCO)cc2)c1. The van der Waals surface area contributed by atoms with Crippen LogP contribution in [0.1, 0.15) is 16.7 Å². The van der Waals surface area contributed by atoms with Crippen molar-refractivity contribution < 1.29 is 9.84 Å². The molecule has 2 rings (SSSR count). The topological polar surface area (TPSA) is 55.5 Å². The van der Waals surface area contributed by atoms with E-state index in [0.717, 1.165) is 22.4 Å². The number of thiocarbonyl (C=S) groups is 1. The van der Waals surface area contributed by atoms with Gasteiger partial charge in [-0.3, -0.25) is 0 Å². The number of aliphatic hydroxyl groups is 1. The van der Waals surface area contributed by atoms with Gasteiger partial charge in [-0.25, -0.2) is 0 Å². The molecule has 0 aliphatic heterocycles. The van der Waals surface area contributed by atoms with Gasteiger partial charge in [-0.15, -0.1) is 0 Å². The van der Waals surface area contributed by atoms with Crippen molar-refractivity contribution in [1.82, 2.24) is 0 Å². The zero-order chi connectivity index (χ0) is 14.4. The molecule has 104 valence electrons. The third-order valence-corrected chi connectivity index (χ3v) is 3.18. The second-order valence-corrected chi connectivity index (χ2v) is 4.91. The Bertz CT molecular complexity index is 581. The number of nitrogens with two attached hydrogens (primary N) is 1. The summed E-state index contributed by atoms with van der Waals surface area (Å²) >= 11 is 4.95. The Hall–Kier alpha value is -1.91. The number of hydrogen-bond acceptors (Lipinski definition) is 3. The first-order valence-corrected chi connectivity index (χ1v) is 6.81. The van der Waals surface area contributed by atoms with Crippen LogP contribution in [0.4, 0.5) is 0 Å². The van der Waals surface area contributed by atoms with Crippen LogP contribution in [0.2, 0.25) is 0 Å². The second kappa shape index (κ2) is 7.03. The van der Waals surface area contributed by atoms with Gasteiger partial charge < -0.3 is 15.6 Å². The van der Waals surface area contributed by atoms with Crippen LogP contribution >= 0.6 is 12.2 Å². The van der Waals surface area contributed by atoms with Crippen LogP contribution < -0.4 is 10.5 Å². The Morgan fingerprint density at radius 3 is 2.50 bits per heavy atom. The highest BCUT2D eigenvalue weighted by atomic mass is 32.1. The van der Waals surface area contributed by atoms with Crippen molar-refractivity contribution in [3.63, 3.8) is 0 Å². The van der Waals surface area contributed by atoms with Gasteiger partial charge in [0.25, 0.3) is 0 Å². The second-order valence-electron chi connectivity index (χ2n) is 4.47. The fourth-order valence-corrected chi connectivity index (χ4v) is 1.99. The van der Waals surface area contributed by atoms with Gasteiger partial charge in [0, 0.05) is 12.2 Å². The number of rotatable bonds is 6. The van der Waals surface area contributed by atoms with Crippen LogP contribution in [-0.4, -0.2) is 16.7 Å². The first kappa shape index (κ1) is 14.5. The maximum absolute atomic E-state index is 8.86. The molecule has 0 aliphatic rings. The normalized spacial score (nSPS) is 10.2. The molecular weight excluding hydrogens is 270 g/mol. The predicted octanol–water partition coefficient (Wildman–Crippen LogP) is 2.43. The van der Waals surface area contributed by atoms with Crippen LogP contribution in [0.15, 0.2) is 48.5 Å². The smallest absolute Gasteiger partial charge is 0.119 e. The molecule has 0 amide bonds. The minimum absolute atomic E-state index is 0.159. The van der Waals surface area contributed by atoms with E-state index in [9.17, 15) is 0 Å². The molecule has 0 spiro atoms. The van der Waals surface area contributed by atoms with Gasteiger partial charge in [0.1, 0.15) is 17.3 Å². The standard InChI is InChI=1S/C16H17NO2S/c17-16(20)14-3-1-2-13(10-14)11-19-15-6-4-12(5-7-15)8-9-18/h1-7,10,18H,8-9,11H2,(H2,17,20). The molecule has 3 N–H and O–H groups in total. The fourth-order valence-electron chi connectivity index (χ4n) is 1.86. The van der Waals surface area contributed by atoms with E-state index in [1.54, 1.807) is 0 Å². The van der Waals surface area contributed by atoms with Gasteiger partial charge in [0.15, 0.2) is 0 Å². The van der Waals surface area contributed by atoms with Gasteiger partial charge in [0.05, 0.1) is 0 Å². The summed E-state index contributed by atoms with van der Waals surface area (Å²) in [5, 5.41) is 8.86. The van der Waals surface area contributed by atoms with Crippen molar-refractivity contribution in [2.45, 2.75) is 13.0 Å². The van der Waals surface area contributed by atoms with Crippen molar-refractivity contribution >= 4 is 17.2 Å². The van der Waals surface area contributed by atoms with Crippen molar-refractivity contribution in [3.8, 4) is 5.75 Å². The highest BCUT2D eigenvalue weighted by Crippen LogP contribution is 2.15. The lowest BCUT2D eigenvalue weighted by Crippen LogP contribution is -2.09. The average molecular weight is 287 g/mol. The highest BCUT2D eigenvalue weighted by molar-refractivity contribution is 7.80. The summed E-state index contributed by atoms with van der Waals surface area (Å²) in [4.78, 5) is 0.389. The molecular formula is C16H17NO2S. The molecule has 4 heteroatoms. The summed E-state index contributed by atoms with van der Waals surface area (Å²) in [6.45, 7) is 0.627. The van der Waals surface area contributed by atoms with Gasteiger partial charge in [0.2, 0.25) is 0 Å². The number of benzene rings is 2. The molecule has 0 atom stereocenters. The molecule has 0 aromatic heterocycles. The lowest BCUT2D eigenvalue weighted by atomic mass is 10.1. The maximum Gasteiger partial charge on any atom is 0.119 e. The van der Waals surface area contributed by atoms with E-state index >= 15 is 0 Å². The molecule has 0 saturated carbocycles. The molecule has 0 bridgehead atoms. The number of aliphatic hydroxyl groups excluding tert-OH is 1. The van der Waals surface area contributed by atoms with Crippen LogP contribution in [0.25, 0.3) is 0 Å². The van der Waals surface area contributed by atoms with Crippen molar-refractivity contribution in [1.29, 1.82) is 0 Å². The van der Waals surface area contributed by atoms with Gasteiger partial charge >= 0.3 is 0 Å². The Kier molecular flexibility index (Phi) is 5.09. The number of ether oxygens (including phenoxy) is 1. The molecule has 0 fully saturated rings. The molecule has 0 saturated heterocycles. The molecule has 0 radical (unpaired) electrons. The minimum atomic E-state index is 0.159. The molecule has 2 aromatic carbocycles. The van der Waals surface area contributed by atoms with Crippen LogP contribution in [-0.2, 0) is 13.0 Å². The van der Waals surface area contributed by atoms with Crippen molar-refractivity contribution in [2.24, 2.45) is 5.73 Å². The Morgan fingerprint density at radius 2 is 1.85 bits per heavy atom. The Morgan fingerprint density at radius 1 is 1.10 bits per heavy atom. The van der Waals surface area contributed by atoms with Crippen molar-refractivity contribution in [2.75, 3.05) is 6.61 Å². The molecule has 2 aromatic rings. The zero-order valence-electron chi connectivity index (χ0n) is 11.1. The third-order valence-electron chi connectivity index (χ3n) is 2.94. The lowest BCUT2D eigenvalue weighted by molar-refractivity contribution is 0.298. The first-order valence-electron chi connectivity index (χ1n) is 6.40. The molecule has 20 heavy (non-hydrogen) atoms. The van der Waals surface area contributed by atoms with Crippen molar-refractivity contribution in [3.05, 3.63) is 65.2 Å². The van der Waals surface area contributed by atoms with E-state index in [-0.39, 0.29) is 6.61 Å². The Balaban J connectivity index is 1.97. The minimum Gasteiger partial charge on any atom is -0.489 e. The monoisotopic (exact) mass is 287 g/mol. The quantitative estimate of drug-likeness (QED) is 0.801. The summed E-state index contributed by atoms with van der Waals surface area (Å²) in [5.41, 5.74) is 8.57. The fraction of sp³-hybridized carbons (Fsp3) is 0.188. The van der Waals surface area contributed by atoms with Crippen LogP contribution in [0.5, 0.6) is 5.75 Å². The summed E-state index contributed by atoms with van der Waals surface area (Å²) < 4.78 is 5.71. The van der Waals surface area contributed by atoms with E-state index in [1.165, 1.54) is 0 Å². The van der Waals surface area contributed by atoms with E-state index in [2.05, 4.69) is 0 Å². The van der Waals surface area contributed by atoms with Crippen LogP contribution in [0, 0.1) is 0 Å². The van der Waals surface area contributed by atoms with Gasteiger partial charge in [-0.2, -0.15) is 0 Å². The van der Waals surface area contributed by atoms with E-state index < -0.39 is 0 Å². The first-order chi connectivity index (χ1) is 9.69. The number of hydrogen-bond donors (Lipinski definition) is 2. The van der Waals surface area contributed by atoms with Gasteiger partial charge in [-0.05, 0) is 35.7 Å². The van der Waals surface area contributed by atoms with Crippen LogP contribution in [0.3, 0.4) is 0 Å². The molecule has 3 nitrogen and oxygen atoms in total. The lowest BCUT2D eigenvalue weighted by Gasteiger charge is -2.08. The van der Waals surface area contributed by atoms with E-state index in [0.29, 0.717) is 18.0 Å². The molecule has 0 aliphatic carbocycles. The predicted molar refractivity (Wildman–Crippen MR) is 83.9 cm³/mol. The van der Waals surface area contributed by atoms with Gasteiger partial charge in [-0.1, -0.05) is 42.5 Å². The summed E-state index contributed by atoms with van der Waals surface area (Å²) in [7, 11) is 0. The average Bonchev–Trinajstić information content (AvgIpc) is 2.47. The summed E-state index contributed by atoms with van der Waals surface area (Å²) in [5.74, 6) is 0.799. The Labute approximate surface area is 124 Å². The maximum atomic E-state index is 8.86. The summed E-state index contributed by atoms with van der Waals surface area (Å²) in [6, 6.07) is 15.4. The molecule has 0 unspecified atom stereocenters. The van der Waals surface area contributed by atoms with E-state index in [4.69, 9.17) is 27.8 Å². The third kappa shape index (κ3) is 4.05.